The van der Waals surface area contributed by atoms with Crippen molar-refractivity contribution >= 4 is 11.8 Å². The molecule has 0 spiro atoms. The van der Waals surface area contributed by atoms with Gasteiger partial charge in [0.15, 0.2) is 0 Å². The van der Waals surface area contributed by atoms with Crippen LogP contribution in [0.1, 0.15) is 19.3 Å². The predicted octanol–water partition coefficient (Wildman–Crippen LogP) is 1.42. The maximum absolute atomic E-state index is 3.51. The lowest BCUT2D eigenvalue weighted by Crippen LogP contribution is -2.39. The second kappa shape index (κ2) is 5.99. The van der Waals surface area contributed by atoms with Crippen molar-refractivity contribution < 1.29 is 0 Å². The fourth-order valence-electron chi connectivity index (χ4n) is 2.43. The van der Waals surface area contributed by atoms with Crippen LogP contribution in [0.3, 0.4) is 0 Å². The molecule has 2 aliphatic heterocycles. The van der Waals surface area contributed by atoms with E-state index in [0.29, 0.717) is 0 Å². The van der Waals surface area contributed by atoms with E-state index in [1.54, 1.807) is 0 Å². The SMILES string of the molecule is C1CNC[C@@H](CN2CCCSCC2)C1. The lowest BCUT2D eigenvalue weighted by molar-refractivity contribution is 0.220. The van der Waals surface area contributed by atoms with Crippen LogP contribution in [0.2, 0.25) is 0 Å². The van der Waals surface area contributed by atoms with Crippen molar-refractivity contribution in [3.8, 4) is 0 Å². The number of nitrogens with one attached hydrogen (secondary N) is 1. The average molecular weight is 214 g/mol. The van der Waals surface area contributed by atoms with Gasteiger partial charge in [-0.05, 0) is 50.6 Å². The van der Waals surface area contributed by atoms with Crippen molar-refractivity contribution in [1.29, 1.82) is 0 Å². The molecule has 2 saturated heterocycles. The molecule has 0 saturated carbocycles. The standard InChI is InChI=1S/C11H22N2S/c1-3-11(9-12-4-1)10-13-5-2-7-14-8-6-13/h11-12H,1-10H2/t11-/m0/s1. The molecule has 14 heavy (non-hydrogen) atoms. The van der Waals surface area contributed by atoms with Gasteiger partial charge in [-0.2, -0.15) is 11.8 Å². The third-order valence-corrected chi connectivity index (χ3v) is 4.28. The molecule has 0 aliphatic carbocycles. The monoisotopic (exact) mass is 214 g/mol. The van der Waals surface area contributed by atoms with Gasteiger partial charge in [0.1, 0.15) is 0 Å². The van der Waals surface area contributed by atoms with Gasteiger partial charge >= 0.3 is 0 Å². The van der Waals surface area contributed by atoms with Gasteiger partial charge in [-0.1, -0.05) is 0 Å². The van der Waals surface area contributed by atoms with Gasteiger partial charge < -0.3 is 10.2 Å². The summed E-state index contributed by atoms with van der Waals surface area (Å²) >= 11 is 2.12. The van der Waals surface area contributed by atoms with Crippen molar-refractivity contribution in [2.45, 2.75) is 19.3 Å². The van der Waals surface area contributed by atoms with E-state index >= 15 is 0 Å². The highest BCUT2D eigenvalue weighted by molar-refractivity contribution is 7.99. The summed E-state index contributed by atoms with van der Waals surface area (Å²) < 4.78 is 0. The van der Waals surface area contributed by atoms with Crippen LogP contribution in [-0.2, 0) is 0 Å². The maximum Gasteiger partial charge on any atom is 0.00725 e. The normalized spacial score (nSPS) is 31.3. The summed E-state index contributed by atoms with van der Waals surface area (Å²) in [4.78, 5) is 2.68. The maximum atomic E-state index is 3.51. The number of thioether (sulfide) groups is 1. The second-order valence-corrected chi connectivity index (χ2v) is 5.70. The smallest absolute Gasteiger partial charge is 0.00725 e. The lowest BCUT2D eigenvalue weighted by Gasteiger charge is -2.29. The highest BCUT2D eigenvalue weighted by Gasteiger charge is 2.17. The minimum atomic E-state index is 0.923. The quantitative estimate of drug-likeness (QED) is 0.748. The van der Waals surface area contributed by atoms with Crippen molar-refractivity contribution in [1.82, 2.24) is 10.2 Å². The van der Waals surface area contributed by atoms with Crippen molar-refractivity contribution in [3.63, 3.8) is 0 Å². The van der Waals surface area contributed by atoms with Crippen LogP contribution in [0.15, 0.2) is 0 Å². The number of piperidine rings is 1. The summed E-state index contributed by atoms with van der Waals surface area (Å²) in [6, 6.07) is 0. The van der Waals surface area contributed by atoms with Crippen molar-refractivity contribution in [2.24, 2.45) is 5.92 Å². The summed E-state index contributed by atoms with van der Waals surface area (Å²) in [5, 5.41) is 3.51. The van der Waals surface area contributed by atoms with Crippen LogP contribution < -0.4 is 5.32 Å². The Balaban J connectivity index is 1.71. The molecule has 2 nitrogen and oxygen atoms in total. The predicted molar refractivity (Wildman–Crippen MR) is 64.0 cm³/mol. The zero-order valence-corrected chi connectivity index (χ0v) is 9.82. The number of rotatable bonds is 2. The van der Waals surface area contributed by atoms with Crippen molar-refractivity contribution in [2.75, 3.05) is 44.2 Å². The summed E-state index contributed by atoms with van der Waals surface area (Å²) in [7, 11) is 0. The van der Waals surface area contributed by atoms with Crippen LogP contribution in [-0.4, -0.2) is 49.1 Å². The van der Waals surface area contributed by atoms with E-state index in [9.17, 15) is 0 Å². The highest BCUT2D eigenvalue weighted by atomic mass is 32.2. The highest BCUT2D eigenvalue weighted by Crippen LogP contribution is 2.15. The molecule has 0 aromatic rings. The Morgan fingerprint density at radius 1 is 1.21 bits per heavy atom. The molecule has 82 valence electrons. The molecule has 1 atom stereocenters. The molecule has 1 N–H and O–H groups in total. The van der Waals surface area contributed by atoms with E-state index in [1.807, 2.05) is 0 Å². The van der Waals surface area contributed by atoms with Gasteiger partial charge in [-0.3, -0.25) is 0 Å². The number of hydrogen-bond donors (Lipinski definition) is 1. The minimum absolute atomic E-state index is 0.923. The van der Waals surface area contributed by atoms with Gasteiger partial charge in [0.2, 0.25) is 0 Å². The van der Waals surface area contributed by atoms with Gasteiger partial charge in [0.05, 0.1) is 0 Å². The Morgan fingerprint density at radius 3 is 3.07 bits per heavy atom. The Morgan fingerprint density at radius 2 is 2.21 bits per heavy atom. The Kier molecular flexibility index (Phi) is 4.61. The first-order chi connectivity index (χ1) is 6.95. The fraction of sp³-hybridized carbons (Fsp3) is 1.00. The minimum Gasteiger partial charge on any atom is -0.316 e. The molecular weight excluding hydrogens is 192 g/mol. The van der Waals surface area contributed by atoms with Gasteiger partial charge in [0.25, 0.3) is 0 Å². The largest absolute Gasteiger partial charge is 0.316 e. The van der Waals surface area contributed by atoms with E-state index in [2.05, 4.69) is 22.0 Å². The van der Waals surface area contributed by atoms with E-state index < -0.39 is 0 Å². The van der Waals surface area contributed by atoms with Crippen molar-refractivity contribution in [3.05, 3.63) is 0 Å². The van der Waals surface area contributed by atoms with Crippen LogP contribution in [0.25, 0.3) is 0 Å². The number of nitrogens with zero attached hydrogens (tertiary/aromatic N) is 1. The lowest BCUT2D eigenvalue weighted by atomic mass is 9.99. The average Bonchev–Trinajstić information content (AvgIpc) is 2.48. The van der Waals surface area contributed by atoms with E-state index in [-0.39, 0.29) is 0 Å². The molecule has 2 heterocycles. The van der Waals surface area contributed by atoms with Gasteiger partial charge in [-0.25, -0.2) is 0 Å². The Labute approximate surface area is 91.8 Å². The Bertz CT molecular complexity index is 149. The van der Waals surface area contributed by atoms with Crippen LogP contribution in [0, 0.1) is 5.92 Å². The zero-order valence-electron chi connectivity index (χ0n) is 9.00. The summed E-state index contributed by atoms with van der Waals surface area (Å²) in [6.07, 6.45) is 4.22. The Hall–Kier alpha value is 0.270. The third kappa shape index (κ3) is 3.44. The molecule has 2 aliphatic rings. The molecule has 2 fully saturated rings. The zero-order chi connectivity index (χ0) is 9.64. The van der Waals surface area contributed by atoms with Gasteiger partial charge in [-0.15, -0.1) is 0 Å². The van der Waals surface area contributed by atoms with E-state index in [1.165, 1.54) is 63.5 Å². The summed E-state index contributed by atoms with van der Waals surface area (Å²) in [6.45, 7) is 6.49. The molecule has 0 unspecified atom stereocenters. The van der Waals surface area contributed by atoms with Crippen LogP contribution in [0.5, 0.6) is 0 Å². The van der Waals surface area contributed by atoms with Crippen LogP contribution in [0.4, 0.5) is 0 Å². The number of hydrogen-bond acceptors (Lipinski definition) is 3. The topological polar surface area (TPSA) is 15.3 Å². The fourth-order valence-corrected chi connectivity index (χ4v) is 3.35. The molecular formula is C11H22N2S. The van der Waals surface area contributed by atoms with E-state index in [0.717, 1.165) is 5.92 Å². The molecule has 0 aromatic heterocycles. The molecule has 0 amide bonds. The molecule has 3 heteroatoms. The molecule has 2 rings (SSSR count). The van der Waals surface area contributed by atoms with E-state index in [4.69, 9.17) is 0 Å². The van der Waals surface area contributed by atoms with Crippen LogP contribution >= 0.6 is 11.8 Å². The van der Waals surface area contributed by atoms with Gasteiger partial charge in [0, 0.05) is 18.8 Å². The summed E-state index contributed by atoms with van der Waals surface area (Å²) in [5.41, 5.74) is 0. The third-order valence-electron chi connectivity index (χ3n) is 3.23. The first kappa shape index (κ1) is 10.8. The summed E-state index contributed by atoms with van der Waals surface area (Å²) in [5.74, 6) is 3.64. The first-order valence-electron chi connectivity index (χ1n) is 5.96. The molecule has 0 bridgehead atoms. The molecule has 0 aromatic carbocycles. The first-order valence-corrected chi connectivity index (χ1v) is 7.11. The second-order valence-electron chi connectivity index (χ2n) is 4.48. The molecule has 0 radical (unpaired) electrons.